The van der Waals surface area contributed by atoms with Gasteiger partial charge in [-0.1, -0.05) is 39.8 Å². The first-order chi connectivity index (χ1) is 32.4. The van der Waals surface area contributed by atoms with Crippen molar-refractivity contribution in [3.8, 4) is 0 Å². The average molecular weight is 991 g/mol. The summed E-state index contributed by atoms with van der Waals surface area (Å²) in [6.45, 7) is 18.1. The van der Waals surface area contributed by atoms with Crippen molar-refractivity contribution >= 4 is 41.3 Å². The molecule has 4 fully saturated rings. The molecule has 0 saturated carbocycles. The summed E-state index contributed by atoms with van der Waals surface area (Å²) in [6.07, 6.45) is -6.87. The largest absolute Gasteiger partial charge is 0.458 e. The first kappa shape index (κ1) is 55.3. The van der Waals surface area contributed by atoms with Gasteiger partial charge in [-0.05, 0) is 99.2 Å². The third-order valence-electron chi connectivity index (χ3n) is 16.0. The van der Waals surface area contributed by atoms with Gasteiger partial charge in [-0.15, -0.1) is 11.8 Å². The molecule has 5 aliphatic rings. The molecule has 18 heteroatoms. The summed E-state index contributed by atoms with van der Waals surface area (Å²) in [5, 5.41) is 22.1. The Labute approximate surface area is 412 Å². The van der Waals surface area contributed by atoms with Gasteiger partial charge in [0.2, 0.25) is 0 Å². The van der Waals surface area contributed by atoms with E-state index >= 15 is 4.79 Å². The Kier molecular flexibility index (Phi) is 17.6. The molecule has 0 aromatic heterocycles. The maximum atomic E-state index is 15.1. The standard InChI is InChI=1S/C51H78N2O15S/c1-15-35-51(10)37(41(47(60)68-51)69-22-18-21-53-44(57)32-19-16-17-20-33(32)45(53)58)28(4)38(54)26(2)24-50(9,62-14)43(67-48-39(55)34(52(11)12)23-27(3)63-48)29(5)40(30(6)46(59)65-35)66-36-25-49(8,61-13)42(56)31(7)64-36/h16-17,19-20,26-31,34-37,39-43,48,55-56H,15,18,21-25H2,1-14H3/t26-,27-,28?,29+,30-,31-,34+,35-,36+,37?,39-,40+,41?,42+,43-,48+,49-,50-,51-/m1/s1. The number of carbonyl (C=O) groups is 5. The molecule has 1 aromatic carbocycles. The van der Waals surface area contributed by atoms with E-state index in [4.69, 9.17) is 37.9 Å². The number of esters is 2. The molecule has 5 aliphatic heterocycles. The van der Waals surface area contributed by atoms with E-state index in [1.165, 1.54) is 30.9 Å². The van der Waals surface area contributed by atoms with Crippen LogP contribution in [0.5, 0.6) is 0 Å². The van der Waals surface area contributed by atoms with E-state index in [9.17, 15) is 29.4 Å². The van der Waals surface area contributed by atoms with Gasteiger partial charge < -0.3 is 53.0 Å². The maximum Gasteiger partial charge on any atom is 0.320 e. The van der Waals surface area contributed by atoms with Crippen LogP contribution in [-0.2, 0) is 52.3 Å². The van der Waals surface area contributed by atoms with E-state index < -0.39 is 113 Å². The Hall–Kier alpha value is -3.04. The van der Waals surface area contributed by atoms with Crippen molar-refractivity contribution in [2.75, 3.05) is 40.6 Å². The van der Waals surface area contributed by atoms with Crippen LogP contribution < -0.4 is 0 Å². The molecule has 0 radical (unpaired) electrons. The van der Waals surface area contributed by atoms with Crippen LogP contribution in [0.2, 0.25) is 0 Å². The number of amides is 2. The number of benzene rings is 1. The summed E-state index contributed by atoms with van der Waals surface area (Å²) in [6, 6.07) is 6.38. The highest BCUT2D eigenvalue weighted by Gasteiger charge is 2.62. The number of carbonyl (C=O) groups excluding carboxylic acids is 5. The molecule has 2 N–H and O–H groups in total. The van der Waals surface area contributed by atoms with Gasteiger partial charge in [-0.25, -0.2) is 0 Å². The van der Waals surface area contributed by atoms with Gasteiger partial charge >= 0.3 is 11.9 Å². The number of likely N-dealkylation sites (N-methyl/N-ethyl adjacent to an activating group) is 1. The number of imide groups is 1. The second-order valence-corrected chi connectivity index (χ2v) is 22.3. The van der Waals surface area contributed by atoms with Crippen molar-refractivity contribution < 1.29 is 72.1 Å². The molecule has 0 aliphatic carbocycles. The van der Waals surface area contributed by atoms with Gasteiger partial charge in [-0.3, -0.25) is 28.9 Å². The molecule has 69 heavy (non-hydrogen) atoms. The summed E-state index contributed by atoms with van der Waals surface area (Å²) < 4.78 is 51.6. The average Bonchev–Trinajstić information content (AvgIpc) is 3.71. The number of rotatable bonds is 13. The lowest BCUT2D eigenvalue weighted by Gasteiger charge is -2.50. The maximum absolute atomic E-state index is 15.1. The molecule has 5 heterocycles. The third kappa shape index (κ3) is 10.9. The monoisotopic (exact) mass is 991 g/mol. The van der Waals surface area contributed by atoms with Crippen LogP contribution in [0.4, 0.5) is 0 Å². The molecule has 6 rings (SSSR count). The van der Waals surface area contributed by atoms with Crippen LogP contribution in [-0.4, -0.2) is 174 Å². The van der Waals surface area contributed by atoms with Crippen molar-refractivity contribution in [2.45, 2.75) is 185 Å². The van der Waals surface area contributed by atoms with Crippen LogP contribution in [0.1, 0.15) is 122 Å². The minimum atomic E-state index is -1.45. The summed E-state index contributed by atoms with van der Waals surface area (Å²) in [5.74, 6) is -5.82. The third-order valence-corrected chi connectivity index (χ3v) is 17.3. The Bertz CT molecular complexity index is 1990. The van der Waals surface area contributed by atoms with Gasteiger partial charge in [0.25, 0.3) is 11.8 Å². The first-order valence-corrected chi connectivity index (χ1v) is 25.7. The van der Waals surface area contributed by atoms with E-state index in [1.54, 1.807) is 58.9 Å². The zero-order valence-electron chi connectivity index (χ0n) is 43.0. The number of aliphatic hydroxyl groups is 2. The highest BCUT2D eigenvalue weighted by molar-refractivity contribution is 8.00. The molecular weight excluding hydrogens is 913 g/mol. The number of fused-ring (bicyclic) bond motifs is 2. The lowest BCUT2D eigenvalue weighted by molar-refractivity contribution is -0.319. The van der Waals surface area contributed by atoms with Crippen molar-refractivity contribution in [2.24, 2.45) is 29.6 Å². The van der Waals surface area contributed by atoms with Crippen LogP contribution in [0.25, 0.3) is 0 Å². The van der Waals surface area contributed by atoms with Crippen molar-refractivity contribution in [3.05, 3.63) is 35.4 Å². The molecule has 19 atom stereocenters. The van der Waals surface area contributed by atoms with Crippen molar-refractivity contribution in [1.82, 2.24) is 9.80 Å². The van der Waals surface area contributed by atoms with Gasteiger partial charge in [-0.2, -0.15) is 0 Å². The zero-order valence-corrected chi connectivity index (χ0v) is 43.8. The molecule has 0 spiro atoms. The molecule has 17 nitrogen and oxygen atoms in total. The van der Waals surface area contributed by atoms with E-state index in [0.717, 1.165) is 0 Å². The lowest BCUT2D eigenvalue weighted by Crippen LogP contribution is -2.61. The summed E-state index contributed by atoms with van der Waals surface area (Å²) in [7, 11) is 6.80. The van der Waals surface area contributed by atoms with Crippen LogP contribution in [0.15, 0.2) is 24.3 Å². The Morgan fingerprint density at radius 2 is 1.46 bits per heavy atom. The smallest absolute Gasteiger partial charge is 0.320 e. The molecule has 3 unspecified atom stereocenters. The number of ether oxygens (including phenoxy) is 8. The molecule has 0 bridgehead atoms. The number of methoxy groups -OCH3 is 2. The lowest BCUT2D eigenvalue weighted by atomic mass is 9.70. The summed E-state index contributed by atoms with van der Waals surface area (Å²) in [5.41, 5.74) is -3.10. The van der Waals surface area contributed by atoms with E-state index in [2.05, 4.69) is 0 Å². The summed E-state index contributed by atoms with van der Waals surface area (Å²) >= 11 is 1.30. The van der Waals surface area contributed by atoms with Crippen LogP contribution in [0, 0.1) is 29.6 Å². The fourth-order valence-corrected chi connectivity index (χ4v) is 13.2. The van der Waals surface area contributed by atoms with E-state index in [0.29, 0.717) is 29.7 Å². The quantitative estimate of drug-likeness (QED) is 0.151. The molecule has 388 valence electrons. The van der Waals surface area contributed by atoms with Crippen LogP contribution >= 0.6 is 11.8 Å². The van der Waals surface area contributed by atoms with E-state index in [1.807, 2.05) is 53.6 Å². The van der Waals surface area contributed by atoms with E-state index in [-0.39, 0.29) is 55.6 Å². The number of Topliss-reactive ketones (excluding diaryl/α,β-unsaturated/α-hetero) is 1. The first-order valence-electron chi connectivity index (χ1n) is 24.7. The Morgan fingerprint density at radius 1 is 0.841 bits per heavy atom. The fraction of sp³-hybridized carbons (Fsp3) is 0.784. The molecular formula is C51H78N2O15S. The minimum absolute atomic E-state index is 0.105. The second kappa shape index (κ2) is 22.0. The highest BCUT2D eigenvalue weighted by Crippen LogP contribution is 2.50. The highest BCUT2D eigenvalue weighted by atomic mass is 32.2. The number of thioether (sulfide) groups is 1. The number of cyclic esters (lactones) is 1. The predicted octanol–water partition coefficient (Wildman–Crippen LogP) is 5.05. The zero-order chi connectivity index (χ0) is 51.1. The Morgan fingerprint density at radius 3 is 2.04 bits per heavy atom. The van der Waals surface area contributed by atoms with Gasteiger partial charge in [0.15, 0.2) is 18.2 Å². The number of hydrogen-bond acceptors (Lipinski definition) is 17. The molecule has 1 aromatic rings. The van der Waals surface area contributed by atoms with Gasteiger partial charge in [0.05, 0.1) is 52.7 Å². The molecule has 2 amide bonds. The van der Waals surface area contributed by atoms with Crippen molar-refractivity contribution in [3.63, 3.8) is 0 Å². The number of nitrogens with zero attached hydrogens (tertiary/aromatic N) is 2. The number of hydrogen-bond donors (Lipinski definition) is 2. The second-order valence-electron chi connectivity index (χ2n) is 21.0. The van der Waals surface area contributed by atoms with Crippen LogP contribution in [0.3, 0.4) is 0 Å². The van der Waals surface area contributed by atoms with Crippen molar-refractivity contribution in [1.29, 1.82) is 0 Å². The van der Waals surface area contributed by atoms with Gasteiger partial charge in [0, 0.05) is 56.9 Å². The van der Waals surface area contributed by atoms with Gasteiger partial charge in [0.1, 0.15) is 29.3 Å². The normalized spacial score (nSPS) is 42.5. The number of ketones is 1. The molecule has 4 saturated heterocycles. The summed E-state index contributed by atoms with van der Waals surface area (Å²) in [4.78, 5) is 73.7. The minimum Gasteiger partial charge on any atom is -0.458 e. The predicted molar refractivity (Wildman–Crippen MR) is 255 cm³/mol. The Balaban J connectivity index is 1.37. The number of aliphatic hydroxyl groups excluding tert-OH is 2. The SMILES string of the molecule is CC[C@H]1OC(=O)[C@H](C)[C@@H](O[C@H]2C[C@@](C)(OC)[C@@H](O)[C@@H](C)O2)[C@H](C)[C@@H](O[C@@H]2O[C@H](C)C[C@H](N(C)C)[C@H]2O)[C@](C)(OC)C[C@@H](C)C(=O)C(C)C2C(SCCCN3C(=O)c4ccccc4C3=O)C(=O)O[C@@]21C. The topological polar surface area (TPSA) is 206 Å². The fourth-order valence-electron chi connectivity index (χ4n) is 11.8.